The minimum absolute atomic E-state index is 0.0299. The number of allylic oxidation sites excluding steroid dienone is 1. The second-order valence-electron chi connectivity index (χ2n) is 5.21. The molecule has 2 heterocycles. The van der Waals surface area contributed by atoms with Gasteiger partial charge < -0.3 is 9.84 Å². The number of nitrogens with one attached hydrogen (secondary N) is 1. The molecule has 22 heavy (non-hydrogen) atoms. The van der Waals surface area contributed by atoms with E-state index in [0.29, 0.717) is 12.0 Å². The molecule has 0 saturated heterocycles. The van der Waals surface area contributed by atoms with Crippen LogP contribution >= 0.6 is 0 Å². The Labute approximate surface area is 125 Å². The molecule has 2 aliphatic heterocycles. The zero-order valence-corrected chi connectivity index (χ0v) is 11.4. The van der Waals surface area contributed by atoms with Crippen molar-refractivity contribution >= 4 is 17.4 Å². The van der Waals surface area contributed by atoms with Gasteiger partial charge in [0.2, 0.25) is 0 Å². The van der Waals surface area contributed by atoms with Crippen molar-refractivity contribution in [3.8, 4) is 11.5 Å². The Bertz CT molecular complexity index is 867. The van der Waals surface area contributed by atoms with Crippen molar-refractivity contribution in [2.24, 2.45) is 0 Å². The van der Waals surface area contributed by atoms with Crippen molar-refractivity contribution in [1.82, 2.24) is 5.32 Å². The fraction of sp³-hybridized carbons (Fsp3) is 0.0588. The Balaban J connectivity index is 1.80. The molecule has 5 heteroatoms. The fourth-order valence-corrected chi connectivity index (χ4v) is 2.81. The highest BCUT2D eigenvalue weighted by atomic mass is 16.5. The van der Waals surface area contributed by atoms with Crippen LogP contribution in [0, 0.1) is 0 Å². The highest BCUT2D eigenvalue weighted by Crippen LogP contribution is 2.38. The highest BCUT2D eigenvalue weighted by molar-refractivity contribution is 6.23. The first kappa shape index (κ1) is 12.6. The van der Waals surface area contributed by atoms with E-state index >= 15 is 0 Å². The van der Waals surface area contributed by atoms with Crippen molar-refractivity contribution in [2.45, 2.75) is 6.42 Å². The van der Waals surface area contributed by atoms with Crippen LogP contribution < -0.4 is 10.1 Å². The van der Waals surface area contributed by atoms with Crippen LogP contribution in [0.15, 0.2) is 42.7 Å². The summed E-state index contributed by atoms with van der Waals surface area (Å²) in [5, 5.41) is 12.6. The molecule has 0 bridgehead atoms. The molecule has 4 rings (SSSR count). The van der Waals surface area contributed by atoms with Gasteiger partial charge in [0.05, 0.1) is 17.4 Å². The lowest BCUT2D eigenvalue weighted by Gasteiger charge is -2.18. The van der Waals surface area contributed by atoms with Crippen LogP contribution in [0.2, 0.25) is 0 Å². The summed E-state index contributed by atoms with van der Waals surface area (Å²) in [6, 6.07) is 10.8. The Morgan fingerprint density at radius 3 is 2.64 bits per heavy atom. The van der Waals surface area contributed by atoms with Crippen molar-refractivity contribution < 1.29 is 19.4 Å². The maximum Gasteiger partial charge on any atom is 0.262 e. The zero-order chi connectivity index (χ0) is 15.3. The van der Waals surface area contributed by atoms with Crippen molar-refractivity contribution in [3.63, 3.8) is 0 Å². The number of carbonyl (C=O) groups is 2. The number of hydrogen-bond donors (Lipinski definition) is 2. The Morgan fingerprint density at radius 1 is 1.00 bits per heavy atom. The number of hydrogen-bond acceptors (Lipinski definition) is 4. The normalized spacial score (nSPS) is 15.5. The molecule has 2 N–H and O–H groups in total. The minimum Gasteiger partial charge on any atom is -0.506 e. The van der Waals surface area contributed by atoms with Gasteiger partial charge in [0.15, 0.2) is 0 Å². The number of aromatic hydroxyl groups is 1. The van der Waals surface area contributed by atoms with E-state index in [1.165, 1.54) is 0 Å². The summed E-state index contributed by atoms with van der Waals surface area (Å²) in [6.07, 6.45) is 2.15. The van der Waals surface area contributed by atoms with Crippen LogP contribution in [0.4, 0.5) is 0 Å². The number of para-hydroxylation sites is 1. The first-order valence-electron chi connectivity index (χ1n) is 6.81. The van der Waals surface area contributed by atoms with Gasteiger partial charge in [-0.15, -0.1) is 0 Å². The van der Waals surface area contributed by atoms with Crippen molar-refractivity contribution in [3.05, 3.63) is 64.9 Å². The number of benzene rings is 2. The van der Waals surface area contributed by atoms with Gasteiger partial charge in [0.1, 0.15) is 11.5 Å². The van der Waals surface area contributed by atoms with Crippen LogP contribution in [-0.4, -0.2) is 16.9 Å². The molecule has 0 aromatic heterocycles. The van der Waals surface area contributed by atoms with Gasteiger partial charge in [-0.05, 0) is 17.7 Å². The number of phenolic OH excluding ortho intramolecular Hbond substituents is 1. The van der Waals surface area contributed by atoms with Crippen LogP contribution in [-0.2, 0) is 6.42 Å². The topological polar surface area (TPSA) is 75.6 Å². The van der Waals surface area contributed by atoms with Gasteiger partial charge in [-0.2, -0.15) is 0 Å². The number of rotatable bonds is 1. The smallest absolute Gasteiger partial charge is 0.262 e. The number of ether oxygens (including phenoxy) is 1. The maximum absolute atomic E-state index is 11.8. The van der Waals surface area contributed by atoms with E-state index in [-0.39, 0.29) is 16.9 Å². The number of imide groups is 1. The molecular formula is C17H11NO4. The molecule has 2 aromatic rings. The van der Waals surface area contributed by atoms with Gasteiger partial charge in [0.25, 0.3) is 11.8 Å². The first-order chi connectivity index (χ1) is 10.6. The van der Waals surface area contributed by atoms with Crippen LogP contribution in [0.3, 0.4) is 0 Å². The SMILES string of the molecule is O=C1NC(=O)c2c1ccc(C1=COc3ccccc3C1)c2O. The van der Waals surface area contributed by atoms with Gasteiger partial charge in [-0.1, -0.05) is 24.3 Å². The summed E-state index contributed by atoms with van der Waals surface area (Å²) in [6.45, 7) is 0. The van der Waals surface area contributed by atoms with Gasteiger partial charge in [-0.3, -0.25) is 14.9 Å². The van der Waals surface area contributed by atoms with Crippen LogP contribution in [0.25, 0.3) is 5.57 Å². The molecule has 0 unspecified atom stereocenters. The molecule has 0 aliphatic carbocycles. The average Bonchev–Trinajstić information content (AvgIpc) is 2.82. The average molecular weight is 293 g/mol. The second-order valence-corrected chi connectivity index (χ2v) is 5.21. The molecule has 0 fully saturated rings. The number of amides is 2. The van der Waals surface area contributed by atoms with E-state index in [1.54, 1.807) is 18.4 Å². The van der Waals surface area contributed by atoms with Crippen molar-refractivity contribution in [2.75, 3.05) is 0 Å². The van der Waals surface area contributed by atoms with Crippen LogP contribution in [0.5, 0.6) is 11.5 Å². The molecule has 0 radical (unpaired) electrons. The first-order valence-corrected chi connectivity index (χ1v) is 6.81. The quantitative estimate of drug-likeness (QED) is 0.791. The highest BCUT2D eigenvalue weighted by Gasteiger charge is 2.32. The molecule has 2 aromatic carbocycles. The van der Waals surface area contributed by atoms with Gasteiger partial charge >= 0.3 is 0 Å². The summed E-state index contributed by atoms with van der Waals surface area (Å²) in [5.74, 6) is -0.465. The summed E-state index contributed by atoms with van der Waals surface area (Å²) in [5.41, 5.74) is 2.48. The third kappa shape index (κ3) is 1.72. The summed E-state index contributed by atoms with van der Waals surface area (Å²) in [4.78, 5) is 23.4. The van der Waals surface area contributed by atoms with Gasteiger partial charge in [-0.25, -0.2) is 0 Å². The maximum atomic E-state index is 11.8. The fourth-order valence-electron chi connectivity index (χ4n) is 2.81. The number of phenols is 1. The summed E-state index contributed by atoms with van der Waals surface area (Å²) >= 11 is 0. The lowest BCUT2D eigenvalue weighted by molar-refractivity contribution is 0.0879. The Morgan fingerprint density at radius 2 is 1.77 bits per heavy atom. The van der Waals surface area contributed by atoms with E-state index in [1.807, 2.05) is 24.3 Å². The van der Waals surface area contributed by atoms with E-state index in [0.717, 1.165) is 16.9 Å². The van der Waals surface area contributed by atoms with Gasteiger partial charge in [0, 0.05) is 17.6 Å². The summed E-state index contributed by atoms with van der Waals surface area (Å²) in [7, 11) is 0. The number of fused-ring (bicyclic) bond motifs is 2. The predicted octanol–water partition coefficient (Wildman–Crippen LogP) is 2.25. The third-order valence-electron chi connectivity index (χ3n) is 3.90. The van der Waals surface area contributed by atoms with E-state index in [4.69, 9.17) is 4.74 Å². The molecule has 0 saturated carbocycles. The van der Waals surface area contributed by atoms with Crippen molar-refractivity contribution in [1.29, 1.82) is 0 Å². The van der Waals surface area contributed by atoms with Crippen LogP contribution in [0.1, 0.15) is 31.8 Å². The lowest BCUT2D eigenvalue weighted by Crippen LogP contribution is -2.19. The molecule has 0 spiro atoms. The van der Waals surface area contributed by atoms with E-state index in [9.17, 15) is 14.7 Å². The molecule has 108 valence electrons. The second kappa shape index (κ2) is 4.46. The van der Waals surface area contributed by atoms with E-state index in [2.05, 4.69) is 5.32 Å². The molecule has 2 aliphatic rings. The third-order valence-corrected chi connectivity index (χ3v) is 3.90. The molecule has 5 nitrogen and oxygen atoms in total. The number of carbonyl (C=O) groups excluding carboxylic acids is 2. The minimum atomic E-state index is -0.572. The standard InChI is InChI=1S/C17H11NO4/c19-15-11(5-6-12-14(15)17(21)18-16(12)20)10-7-9-3-1-2-4-13(9)22-8-10/h1-6,8,19H,7H2,(H,18,20,21). The molecule has 0 atom stereocenters. The Kier molecular flexibility index (Phi) is 2.56. The largest absolute Gasteiger partial charge is 0.506 e. The summed E-state index contributed by atoms with van der Waals surface area (Å²) < 4.78 is 5.57. The Hall–Kier alpha value is -3.08. The zero-order valence-electron chi connectivity index (χ0n) is 11.4. The lowest BCUT2D eigenvalue weighted by atomic mass is 9.93. The molecule has 2 amide bonds. The van der Waals surface area contributed by atoms with E-state index < -0.39 is 11.8 Å². The molecular weight excluding hydrogens is 282 g/mol. The predicted molar refractivity (Wildman–Crippen MR) is 78.7 cm³/mol. The monoisotopic (exact) mass is 293 g/mol.